The van der Waals surface area contributed by atoms with Crippen LogP contribution in [0.2, 0.25) is 0 Å². The maximum absolute atomic E-state index is 13.7. The Kier molecular flexibility index (Phi) is 9.31. The first kappa shape index (κ1) is 28.2. The summed E-state index contributed by atoms with van der Waals surface area (Å²) in [5.74, 6) is -2.76. The Morgan fingerprint density at radius 3 is 2.49 bits per heavy atom. The quantitative estimate of drug-likeness (QED) is 0.308. The molecular weight excluding hydrogens is 474 g/mol. The van der Waals surface area contributed by atoms with Crippen molar-refractivity contribution in [3.8, 4) is 0 Å². The average molecular weight is 514 g/mol. The number of hydrogen-bond acceptors (Lipinski definition) is 5. The molecule has 10 nitrogen and oxygen atoms in total. The predicted molar refractivity (Wildman–Crippen MR) is 141 cm³/mol. The number of rotatable bonds is 11. The van der Waals surface area contributed by atoms with Crippen molar-refractivity contribution < 1.29 is 24.3 Å². The first-order valence-electron chi connectivity index (χ1n) is 13.0. The molecule has 2 aromatic rings. The van der Waals surface area contributed by atoms with Crippen molar-refractivity contribution in [3.63, 3.8) is 0 Å². The van der Waals surface area contributed by atoms with Gasteiger partial charge in [0.05, 0.1) is 6.04 Å². The Bertz CT molecular complexity index is 1130. The monoisotopic (exact) mass is 513 g/mol. The van der Waals surface area contributed by atoms with Crippen LogP contribution in [0.15, 0.2) is 30.5 Å². The molecular formula is C27H39N5O5. The largest absolute Gasteiger partial charge is 0.480 e. The van der Waals surface area contributed by atoms with Crippen molar-refractivity contribution in [1.82, 2.24) is 20.5 Å². The topological polar surface area (TPSA) is 158 Å². The van der Waals surface area contributed by atoms with Gasteiger partial charge in [0.25, 0.3) is 0 Å². The van der Waals surface area contributed by atoms with Gasteiger partial charge >= 0.3 is 5.97 Å². The van der Waals surface area contributed by atoms with Gasteiger partial charge in [-0.2, -0.15) is 0 Å². The molecule has 6 N–H and O–H groups in total. The van der Waals surface area contributed by atoms with Gasteiger partial charge in [0, 0.05) is 30.1 Å². The van der Waals surface area contributed by atoms with Crippen molar-refractivity contribution in [1.29, 1.82) is 0 Å². The number of nitrogens with one attached hydrogen (secondary N) is 3. The first-order valence-corrected chi connectivity index (χ1v) is 13.0. The van der Waals surface area contributed by atoms with Crippen LogP contribution in [-0.2, 0) is 25.6 Å². The van der Waals surface area contributed by atoms with E-state index in [0.717, 1.165) is 16.5 Å². The van der Waals surface area contributed by atoms with Crippen LogP contribution < -0.4 is 16.4 Å². The molecule has 37 heavy (non-hydrogen) atoms. The Hall–Kier alpha value is -3.40. The Balaban J connectivity index is 1.89. The number of likely N-dealkylation sites (tertiary alicyclic amines) is 1. The molecule has 5 atom stereocenters. The molecule has 3 rings (SSSR count). The van der Waals surface area contributed by atoms with Gasteiger partial charge in [0.1, 0.15) is 18.1 Å². The fraction of sp³-hybridized carbons (Fsp3) is 0.556. The van der Waals surface area contributed by atoms with Crippen molar-refractivity contribution >= 4 is 34.6 Å². The van der Waals surface area contributed by atoms with Gasteiger partial charge in [0.2, 0.25) is 17.7 Å². The summed E-state index contributed by atoms with van der Waals surface area (Å²) < 4.78 is 0. The average Bonchev–Trinajstić information content (AvgIpc) is 3.53. The summed E-state index contributed by atoms with van der Waals surface area (Å²) in [6.45, 7) is 7.73. The number of H-pyrrole nitrogens is 1. The molecule has 10 heteroatoms. The smallest absolute Gasteiger partial charge is 0.326 e. The van der Waals surface area contributed by atoms with Crippen LogP contribution >= 0.6 is 0 Å². The van der Waals surface area contributed by atoms with Gasteiger partial charge in [-0.1, -0.05) is 52.3 Å². The zero-order valence-corrected chi connectivity index (χ0v) is 22.0. The minimum Gasteiger partial charge on any atom is -0.480 e. The Morgan fingerprint density at radius 2 is 1.84 bits per heavy atom. The molecule has 2 heterocycles. The summed E-state index contributed by atoms with van der Waals surface area (Å²) in [4.78, 5) is 56.2. The molecule has 1 aromatic heterocycles. The number of carboxylic acids is 1. The molecule has 3 amide bonds. The highest BCUT2D eigenvalue weighted by molar-refractivity contribution is 5.95. The molecule has 0 radical (unpaired) electrons. The van der Waals surface area contributed by atoms with Crippen molar-refractivity contribution in [2.45, 2.75) is 77.5 Å². The van der Waals surface area contributed by atoms with E-state index >= 15 is 0 Å². The zero-order valence-electron chi connectivity index (χ0n) is 22.0. The zero-order chi connectivity index (χ0) is 27.3. The standard InChI is InChI=1S/C27H39N5O5/c1-5-16(4)23(31-24(33)22(28)15(2)3)25(34)30-20(26(35)32-12-8-11-21(32)27(36)37)13-17-14-29-19-10-7-6-9-18(17)19/h6-7,9-10,14-16,20-23,29H,5,8,11-13,28H2,1-4H3,(H,30,34)(H,31,33)(H,36,37). The highest BCUT2D eigenvalue weighted by Gasteiger charge is 2.39. The number of carboxylic acid groups (broad SMARTS) is 1. The van der Waals surface area contributed by atoms with Crippen LogP contribution in [0.5, 0.6) is 0 Å². The molecule has 0 aliphatic carbocycles. The summed E-state index contributed by atoms with van der Waals surface area (Å²) in [5, 5.41) is 16.2. The van der Waals surface area contributed by atoms with E-state index in [-0.39, 0.29) is 18.3 Å². The van der Waals surface area contributed by atoms with E-state index < -0.39 is 47.9 Å². The number of fused-ring (bicyclic) bond motifs is 1. The number of hydrogen-bond donors (Lipinski definition) is 5. The van der Waals surface area contributed by atoms with Crippen LogP contribution in [0.3, 0.4) is 0 Å². The summed E-state index contributed by atoms with van der Waals surface area (Å²) in [7, 11) is 0. The summed E-state index contributed by atoms with van der Waals surface area (Å²) in [5.41, 5.74) is 7.73. The molecule has 1 aromatic carbocycles. The first-order chi connectivity index (χ1) is 17.5. The minimum atomic E-state index is -1.06. The van der Waals surface area contributed by atoms with E-state index in [0.29, 0.717) is 25.8 Å². The molecule has 1 fully saturated rings. The summed E-state index contributed by atoms with van der Waals surface area (Å²) in [6.07, 6.45) is 3.53. The second-order valence-electron chi connectivity index (χ2n) is 10.3. The lowest BCUT2D eigenvalue weighted by molar-refractivity contribution is -0.149. The third-order valence-electron chi connectivity index (χ3n) is 7.35. The summed E-state index contributed by atoms with van der Waals surface area (Å²) >= 11 is 0. The lowest BCUT2D eigenvalue weighted by Crippen LogP contribution is -2.59. The number of aromatic nitrogens is 1. The molecule has 1 aliphatic heterocycles. The number of carbonyl (C=O) groups is 4. The number of nitrogens with zero attached hydrogens (tertiary/aromatic N) is 1. The van der Waals surface area contributed by atoms with E-state index in [1.54, 1.807) is 6.20 Å². The Morgan fingerprint density at radius 1 is 1.14 bits per heavy atom. The fourth-order valence-corrected chi connectivity index (χ4v) is 4.72. The van der Waals surface area contributed by atoms with E-state index in [9.17, 15) is 24.3 Å². The molecule has 1 aliphatic rings. The van der Waals surface area contributed by atoms with E-state index in [4.69, 9.17) is 5.73 Å². The molecule has 0 spiro atoms. The maximum Gasteiger partial charge on any atom is 0.326 e. The number of aliphatic carboxylic acids is 1. The van der Waals surface area contributed by atoms with E-state index in [2.05, 4.69) is 15.6 Å². The molecule has 202 valence electrons. The third kappa shape index (κ3) is 6.49. The van der Waals surface area contributed by atoms with Crippen LogP contribution in [0.25, 0.3) is 10.9 Å². The lowest BCUT2D eigenvalue weighted by Gasteiger charge is -2.30. The molecule has 1 saturated heterocycles. The lowest BCUT2D eigenvalue weighted by atomic mass is 9.95. The SMILES string of the molecule is CCC(C)C(NC(=O)C(N)C(C)C)C(=O)NC(Cc1c[nH]c2ccccc12)C(=O)N1CCCC1C(=O)O. The number of amides is 3. The van der Waals surface area contributed by atoms with Gasteiger partial charge in [-0.3, -0.25) is 14.4 Å². The van der Waals surface area contributed by atoms with Gasteiger partial charge in [-0.25, -0.2) is 4.79 Å². The van der Waals surface area contributed by atoms with Crippen LogP contribution in [0, 0.1) is 11.8 Å². The number of nitrogens with two attached hydrogens (primary N) is 1. The van der Waals surface area contributed by atoms with E-state index in [1.807, 2.05) is 52.0 Å². The third-order valence-corrected chi connectivity index (χ3v) is 7.35. The summed E-state index contributed by atoms with van der Waals surface area (Å²) in [6, 6.07) is 4.03. The number of para-hydroxylation sites is 1. The number of carbonyl (C=O) groups excluding carboxylic acids is 3. The molecule has 0 bridgehead atoms. The number of benzene rings is 1. The number of aromatic amines is 1. The van der Waals surface area contributed by atoms with Gasteiger partial charge in [0.15, 0.2) is 0 Å². The second kappa shape index (κ2) is 12.2. The maximum atomic E-state index is 13.7. The van der Waals surface area contributed by atoms with Gasteiger partial charge in [-0.15, -0.1) is 0 Å². The Labute approximate surface area is 217 Å². The highest BCUT2D eigenvalue weighted by Crippen LogP contribution is 2.23. The van der Waals surface area contributed by atoms with E-state index in [1.165, 1.54) is 4.90 Å². The molecule has 0 saturated carbocycles. The predicted octanol–water partition coefficient (Wildman–Crippen LogP) is 1.79. The van der Waals surface area contributed by atoms with Crippen LogP contribution in [0.4, 0.5) is 0 Å². The molecule has 5 unspecified atom stereocenters. The van der Waals surface area contributed by atoms with Gasteiger partial charge in [-0.05, 0) is 36.3 Å². The fourth-order valence-electron chi connectivity index (χ4n) is 4.72. The van der Waals surface area contributed by atoms with Crippen LogP contribution in [0.1, 0.15) is 52.5 Å². The minimum absolute atomic E-state index is 0.111. The van der Waals surface area contributed by atoms with Gasteiger partial charge < -0.3 is 31.4 Å². The van der Waals surface area contributed by atoms with Crippen molar-refractivity contribution in [2.75, 3.05) is 6.54 Å². The second-order valence-corrected chi connectivity index (χ2v) is 10.3. The van der Waals surface area contributed by atoms with Crippen molar-refractivity contribution in [3.05, 3.63) is 36.0 Å². The highest BCUT2D eigenvalue weighted by atomic mass is 16.4. The van der Waals surface area contributed by atoms with Crippen molar-refractivity contribution in [2.24, 2.45) is 17.6 Å². The van der Waals surface area contributed by atoms with Crippen LogP contribution in [-0.4, -0.2) is 69.4 Å². The normalized spacial score (nSPS) is 18.9.